The van der Waals surface area contributed by atoms with Gasteiger partial charge < -0.3 is 4.74 Å². The molecule has 5 aromatic rings. The molecule has 0 N–H and O–H groups in total. The molecule has 0 spiro atoms. The molecule has 0 fully saturated rings. The predicted molar refractivity (Wildman–Crippen MR) is 138 cm³/mol. The molecule has 0 aliphatic rings. The number of halogens is 6. The monoisotopic (exact) mass is 590 g/mol. The Bertz CT molecular complexity index is 1870. The van der Waals surface area contributed by atoms with Gasteiger partial charge in [-0.3, -0.25) is 9.78 Å². The summed E-state index contributed by atoms with van der Waals surface area (Å²) in [6.45, 7) is 0.0389. The van der Waals surface area contributed by atoms with Crippen LogP contribution in [0.3, 0.4) is 0 Å². The first-order valence-corrected chi connectivity index (χ1v) is 12.2. The summed E-state index contributed by atoms with van der Waals surface area (Å²) in [5, 5.41) is 4.40. The number of hydrogen-bond acceptors (Lipinski definition) is 6. The van der Waals surface area contributed by atoms with E-state index >= 15 is 0 Å². The van der Waals surface area contributed by atoms with Crippen molar-refractivity contribution < 1.29 is 31.1 Å². The molecule has 0 saturated heterocycles. The van der Waals surface area contributed by atoms with Crippen molar-refractivity contribution in [1.29, 1.82) is 0 Å². The molecule has 0 aliphatic carbocycles. The van der Waals surface area contributed by atoms with Crippen molar-refractivity contribution in [2.75, 3.05) is 6.61 Å². The molecule has 4 aromatic heterocycles. The summed E-state index contributed by atoms with van der Waals surface area (Å²) < 4.78 is 84.3. The van der Waals surface area contributed by atoms with Crippen LogP contribution in [-0.4, -0.2) is 41.7 Å². The summed E-state index contributed by atoms with van der Waals surface area (Å²) in [4.78, 5) is 34.4. The van der Waals surface area contributed by atoms with Crippen LogP contribution in [-0.2, 0) is 19.8 Å². The van der Waals surface area contributed by atoms with Crippen LogP contribution in [0.25, 0.3) is 27.9 Å². The summed E-state index contributed by atoms with van der Waals surface area (Å²) in [7, 11) is 1.36. The second kappa shape index (κ2) is 10.5. The zero-order valence-corrected chi connectivity index (χ0v) is 21.9. The highest BCUT2D eigenvalue weighted by Crippen LogP contribution is 2.33. The van der Waals surface area contributed by atoms with E-state index in [0.717, 1.165) is 37.8 Å². The Morgan fingerprint density at radius 3 is 2.10 bits per heavy atom. The number of pyridine rings is 2. The Labute approximate surface area is 232 Å². The summed E-state index contributed by atoms with van der Waals surface area (Å²) in [5.74, 6) is -0.314. The summed E-state index contributed by atoms with van der Waals surface area (Å²) in [5.41, 5.74) is -0.257. The average molecular weight is 590 g/mol. The third-order valence-electron chi connectivity index (χ3n) is 6.30. The average Bonchev–Trinajstić information content (AvgIpc) is 3.25. The molecule has 9 nitrogen and oxygen atoms in total. The molecule has 5 rings (SSSR count). The SMILES string of the molecule is Cc1ccc(-c2c(-c3ccc(OCC(F)(F)F)nc3)c3nn(Cc4ccc(C(F)(F)F)nc4)c(=O)n3n(C)c2=O)cc1. The fraction of sp³-hybridized carbons (Fsp3) is 0.222. The number of nitrogens with zero attached hydrogens (tertiary/aromatic N) is 6. The Kier molecular flexibility index (Phi) is 7.12. The third kappa shape index (κ3) is 5.62. The summed E-state index contributed by atoms with van der Waals surface area (Å²) in [6, 6.07) is 11.5. The van der Waals surface area contributed by atoms with Gasteiger partial charge in [0.2, 0.25) is 5.88 Å². The van der Waals surface area contributed by atoms with E-state index < -0.39 is 35.9 Å². The van der Waals surface area contributed by atoms with Crippen molar-refractivity contribution in [1.82, 2.24) is 28.9 Å². The molecule has 0 aliphatic heterocycles. The molecular weight excluding hydrogens is 570 g/mol. The number of aryl methyl sites for hydroxylation is 2. The fourth-order valence-corrected chi connectivity index (χ4v) is 4.29. The molecule has 4 heterocycles. The van der Waals surface area contributed by atoms with Crippen LogP contribution in [0.5, 0.6) is 5.88 Å². The lowest BCUT2D eigenvalue weighted by atomic mass is 9.97. The van der Waals surface area contributed by atoms with E-state index in [1.54, 1.807) is 24.3 Å². The van der Waals surface area contributed by atoms with Gasteiger partial charge in [0.25, 0.3) is 5.56 Å². The quantitative estimate of drug-likeness (QED) is 0.268. The van der Waals surface area contributed by atoms with E-state index in [4.69, 9.17) is 0 Å². The van der Waals surface area contributed by atoms with E-state index in [1.807, 2.05) is 6.92 Å². The van der Waals surface area contributed by atoms with E-state index in [9.17, 15) is 35.9 Å². The predicted octanol–water partition coefficient (Wildman–Crippen LogP) is 4.64. The lowest BCUT2D eigenvalue weighted by molar-refractivity contribution is -0.154. The highest BCUT2D eigenvalue weighted by Gasteiger charge is 2.32. The smallest absolute Gasteiger partial charge is 0.433 e. The van der Waals surface area contributed by atoms with Crippen molar-refractivity contribution in [2.45, 2.75) is 25.8 Å². The number of aromatic nitrogens is 6. The highest BCUT2D eigenvalue weighted by atomic mass is 19.4. The van der Waals surface area contributed by atoms with Crippen molar-refractivity contribution in [3.63, 3.8) is 0 Å². The number of hydrogen-bond donors (Lipinski definition) is 0. The topological polar surface area (TPSA) is 96.3 Å². The maximum Gasteiger partial charge on any atom is 0.433 e. The van der Waals surface area contributed by atoms with Crippen LogP contribution in [0.2, 0.25) is 0 Å². The van der Waals surface area contributed by atoms with Gasteiger partial charge >= 0.3 is 18.0 Å². The molecule has 0 atom stereocenters. The lowest BCUT2D eigenvalue weighted by Gasteiger charge is -2.14. The van der Waals surface area contributed by atoms with Crippen LogP contribution in [0.1, 0.15) is 16.8 Å². The van der Waals surface area contributed by atoms with Gasteiger partial charge in [0.15, 0.2) is 12.3 Å². The van der Waals surface area contributed by atoms with Crippen LogP contribution >= 0.6 is 0 Å². The molecule has 0 bridgehead atoms. The number of benzene rings is 1. The van der Waals surface area contributed by atoms with E-state index in [-0.39, 0.29) is 40.3 Å². The first-order chi connectivity index (χ1) is 19.7. The molecule has 218 valence electrons. The zero-order valence-electron chi connectivity index (χ0n) is 21.9. The standard InChI is InChI=1S/C27H20F6N6O3/c1-15-3-6-17(7-4-15)22-21(18-8-10-20(35-12-18)42-14-26(28,29)30)23-36-38(25(41)39(23)37(2)24(22)40)13-16-5-9-19(34-11-16)27(31,32)33/h3-12H,13-14H2,1-2H3. The van der Waals surface area contributed by atoms with E-state index in [2.05, 4.69) is 19.8 Å². The zero-order chi connectivity index (χ0) is 30.4. The van der Waals surface area contributed by atoms with E-state index in [1.165, 1.54) is 25.4 Å². The van der Waals surface area contributed by atoms with Gasteiger partial charge in [-0.1, -0.05) is 35.9 Å². The third-order valence-corrected chi connectivity index (χ3v) is 6.30. The number of ether oxygens (including phenoxy) is 1. The fourth-order valence-electron chi connectivity index (χ4n) is 4.29. The Balaban J connectivity index is 1.68. The lowest BCUT2D eigenvalue weighted by Crippen LogP contribution is -2.33. The molecule has 15 heteroatoms. The highest BCUT2D eigenvalue weighted by molar-refractivity contribution is 5.91. The van der Waals surface area contributed by atoms with Crippen LogP contribution < -0.4 is 16.0 Å². The summed E-state index contributed by atoms with van der Waals surface area (Å²) >= 11 is 0. The second-order valence-electron chi connectivity index (χ2n) is 9.36. The number of rotatable bonds is 6. The van der Waals surface area contributed by atoms with Gasteiger partial charge in [0, 0.05) is 36.6 Å². The first-order valence-electron chi connectivity index (χ1n) is 12.2. The first kappa shape index (κ1) is 28.6. The molecule has 1 aromatic carbocycles. The van der Waals surface area contributed by atoms with Crippen LogP contribution in [0.15, 0.2) is 70.5 Å². The van der Waals surface area contributed by atoms with Gasteiger partial charge in [0.1, 0.15) is 5.69 Å². The number of fused-ring (bicyclic) bond motifs is 1. The largest absolute Gasteiger partial charge is 0.468 e. The van der Waals surface area contributed by atoms with Gasteiger partial charge in [-0.15, -0.1) is 5.10 Å². The van der Waals surface area contributed by atoms with Crippen molar-refractivity contribution in [2.24, 2.45) is 7.05 Å². The van der Waals surface area contributed by atoms with Gasteiger partial charge in [-0.25, -0.2) is 19.1 Å². The molecule has 0 amide bonds. The normalized spacial score (nSPS) is 12.2. The second-order valence-corrected chi connectivity index (χ2v) is 9.36. The maximum atomic E-state index is 13.7. The van der Waals surface area contributed by atoms with Gasteiger partial charge in [-0.2, -0.15) is 30.9 Å². The van der Waals surface area contributed by atoms with Crippen LogP contribution in [0.4, 0.5) is 26.3 Å². The molecular formula is C27H20F6N6O3. The van der Waals surface area contributed by atoms with Crippen molar-refractivity contribution >= 4 is 5.65 Å². The number of alkyl halides is 6. The Hall–Kier alpha value is -4.95. The van der Waals surface area contributed by atoms with Gasteiger partial charge in [0.05, 0.1) is 12.1 Å². The van der Waals surface area contributed by atoms with Crippen molar-refractivity contribution in [3.05, 3.63) is 98.6 Å². The Morgan fingerprint density at radius 1 is 0.833 bits per heavy atom. The van der Waals surface area contributed by atoms with E-state index in [0.29, 0.717) is 5.56 Å². The minimum atomic E-state index is -4.64. The molecule has 0 radical (unpaired) electrons. The molecule has 0 saturated carbocycles. The summed E-state index contributed by atoms with van der Waals surface area (Å²) in [6.07, 6.45) is -7.05. The van der Waals surface area contributed by atoms with Crippen LogP contribution in [0, 0.1) is 6.92 Å². The van der Waals surface area contributed by atoms with Gasteiger partial charge in [-0.05, 0) is 30.2 Å². The molecule has 42 heavy (non-hydrogen) atoms. The minimum Gasteiger partial charge on any atom is -0.468 e. The maximum absolute atomic E-state index is 13.7. The van der Waals surface area contributed by atoms with Crippen molar-refractivity contribution in [3.8, 4) is 28.1 Å². The Morgan fingerprint density at radius 2 is 1.52 bits per heavy atom. The molecule has 0 unspecified atom stereocenters. The minimum absolute atomic E-state index is 0.00306.